The molecule has 3 rings (SSSR count). The van der Waals surface area contributed by atoms with Gasteiger partial charge in [0.15, 0.2) is 0 Å². The van der Waals surface area contributed by atoms with E-state index in [1.807, 2.05) is 6.92 Å². The Hall–Kier alpha value is -3.23. The maximum absolute atomic E-state index is 13.5. The largest absolute Gasteiger partial charge is 0.497 e. The van der Waals surface area contributed by atoms with Crippen LogP contribution in [0.15, 0.2) is 71.6 Å². The van der Waals surface area contributed by atoms with Crippen molar-refractivity contribution in [1.82, 2.24) is 0 Å². The Kier molecular flexibility index (Phi) is 8.41. The zero-order chi connectivity index (χ0) is 24.7. The molecular formula is C25H26ClNO6S. The highest BCUT2D eigenvalue weighted by atomic mass is 35.5. The lowest BCUT2D eigenvalue weighted by atomic mass is 10.2. The van der Waals surface area contributed by atoms with Gasteiger partial charge in [0.25, 0.3) is 10.0 Å². The highest BCUT2D eigenvalue weighted by Gasteiger charge is 2.31. The molecule has 0 fully saturated rings. The molecule has 1 amide bonds. The molecule has 0 atom stereocenters. The van der Waals surface area contributed by atoms with Gasteiger partial charge in [-0.1, -0.05) is 29.3 Å². The summed E-state index contributed by atoms with van der Waals surface area (Å²) in [5.74, 6) is 1.11. The van der Waals surface area contributed by atoms with Gasteiger partial charge in [-0.2, -0.15) is 0 Å². The Morgan fingerprint density at radius 1 is 0.912 bits per heavy atom. The van der Waals surface area contributed by atoms with Crippen LogP contribution in [-0.4, -0.2) is 35.2 Å². The number of hydrogen-bond acceptors (Lipinski definition) is 6. The van der Waals surface area contributed by atoms with Gasteiger partial charge < -0.3 is 14.2 Å². The van der Waals surface area contributed by atoms with Crippen LogP contribution in [0.4, 0.5) is 5.69 Å². The Bertz CT molecular complexity index is 1230. The Morgan fingerprint density at radius 2 is 1.56 bits per heavy atom. The third-order valence-corrected chi connectivity index (χ3v) is 7.08. The monoisotopic (exact) mass is 503 g/mol. The van der Waals surface area contributed by atoms with E-state index in [2.05, 4.69) is 0 Å². The second-order valence-corrected chi connectivity index (χ2v) is 9.62. The summed E-state index contributed by atoms with van der Waals surface area (Å²) in [6.45, 7) is 2.09. The van der Waals surface area contributed by atoms with Gasteiger partial charge in [0.2, 0.25) is 5.91 Å². The second-order valence-electron chi connectivity index (χ2n) is 7.42. The molecule has 0 aliphatic carbocycles. The SMILES string of the molecule is COc1ccc(OCCCC(=O)N(c2ccc(OC)c(Cl)c2)S(=O)(=O)c2ccc(C)cc2)cc1. The number of hydrogen-bond donors (Lipinski definition) is 0. The summed E-state index contributed by atoms with van der Waals surface area (Å²) in [4.78, 5) is 13.2. The topological polar surface area (TPSA) is 82.1 Å². The lowest BCUT2D eigenvalue weighted by Crippen LogP contribution is -2.37. The van der Waals surface area contributed by atoms with Crippen molar-refractivity contribution in [2.24, 2.45) is 0 Å². The summed E-state index contributed by atoms with van der Waals surface area (Å²) >= 11 is 6.22. The minimum absolute atomic E-state index is 0.00729. The normalized spacial score (nSPS) is 11.1. The molecule has 3 aromatic carbocycles. The Balaban J connectivity index is 1.80. The van der Waals surface area contributed by atoms with E-state index in [1.54, 1.807) is 43.5 Å². The van der Waals surface area contributed by atoms with E-state index in [0.29, 0.717) is 23.7 Å². The highest BCUT2D eigenvalue weighted by molar-refractivity contribution is 7.93. The maximum Gasteiger partial charge on any atom is 0.270 e. The van der Waals surface area contributed by atoms with Crippen molar-refractivity contribution >= 4 is 33.2 Å². The van der Waals surface area contributed by atoms with E-state index in [0.717, 1.165) is 9.87 Å². The molecule has 0 saturated heterocycles. The maximum atomic E-state index is 13.5. The standard InChI is InChI=1S/C25H26ClNO6S/c1-18-6-13-22(14-7-18)34(29,30)27(19-8-15-24(32-3)23(26)17-19)25(28)5-4-16-33-21-11-9-20(31-2)10-12-21/h6-15,17H,4-5,16H2,1-3H3. The van der Waals surface area contributed by atoms with Gasteiger partial charge in [0.05, 0.1) is 36.4 Å². The number of carbonyl (C=O) groups excluding carboxylic acids is 1. The fourth-order valence-corrected chi connectivity index (χ4v) is 4.89. The first-order valence-corrected chi connectivity index (χ1v) is 12.3. The van der Waals surface area contributed by atoms with Crippen molar-refractivity contribution in [2.45, 2.75) is 24.7 Å². The molecule has 9 heteroatoms. The van der Waals surface area contributed by atoms with Gasteiger partial charge in [-0.15, -0.1) is 0 Å². The van der Waals surface area contributed by atoms with Gasteiger partial charge in [-0.05, 0) is 67.9 Å². The van der Waals surface area contributed by atoms with E-state index in [9.17, 15) is 13.2 Å². The van der Waals surface area contributed by atoms with Crippen LogP contribution in [-0.2, 0) is 14.8 Å². The molecule has 0 unspecified atom stereocenters. The molecule has 180 valence electrons. The van der Waals surface area contributed by atoms with Crippen molar-refractivity contribution in [3.63, 3.8) is 0 Å². The average Bonchev–Trinajstić information content (AvgIpc) is 2.82. The number of ether oxygens (including phenoxy) is 3. The first-order chi connectivity index (χ1) is 16.3. The molecule has 0 radical (unpaired) electrons. The minimum Gasteiger partial charge on any atom is -0.497 e. The Labute approximate surface area is 204 Å². The quantitative estimate of drug-likeness (QED) is 0.351. The fourth-order valence-electron chi connectivity index (χ4n) is 3.20. The molecule has 7 nitrogen and oxygen atoms in total. The van der Waals surface area contributed by atoms with Crippen LogP contribution in [0.3, 0.4) is 0 Å². The lowest BCUT2D eigenvalue weighted by molar-refractivity contribution is -0.117. The van der Waals surface area contributed by atoms with Gasteiger partial charge in [-0.3, -0.25) is 4.79 Å². The predicted octanol–water partition coefficient (Wildman–Crippen LogP) is 5.25. The first kappa shape index (κ1) is 25.4. The van der Waals surface area contributed by atoms with Crippen LogP contribution < -0.4 is 18.5 Å². The van der Waals surface area contributed by atoms with E-state index in [4.69, 9.17) is 25.8 Å². The summed E-state index contributed by atoms with van der Waals surface area (Å²) < 4.78 is 43.6. The predicted molar refractivity (Wildman–Crippen MR) is 132 cm³/mol. The lowest BCUT2D eigenvalue weighted by Gasteiger charge is -2.23. The summed E-state index contributed by atoms with van der Waals surface area (Å²) in [6, 6.07) is 17.8. The summed E-state index contributed by atoms with van der Waals surface area (Å²) in [5.41, 5.74) is 1.03. The second kappa shape index (κ2) is 11.3. The fraction of sp³-hybridized carbons (Fsp3) is 0.240. The molecule has 34 heavy (non-hydrogen) atoms. The number of benzene rings is 3. The van der Waals surface area contributed by atoms with Crippen molar-refractivity contribution in [3.8, 4) is 17.2 Å². The first-order valence-electron chi connectivity index (χ1n) is 10.5. The molecule has 0 aliphatic heterocycles. The number of nitrogens with zero attached hydrogens (tertiary/aromatic N) is 1. The number of anilines is 1. The highest BCUT2D eigenvalue weighted by Crippen LogP contribution is 2.32. The number of rotatable bonds is 10. The summed E-state index contributed by atoms with van der Waals surface area (Å²) in [5, 5.41) is 0.194. The van der Waals surface area contributed by atoms with Crippen molar-refractivity contribution in [2.75, 3.05) is 25.1 Å². The van der Waals surface area contributed by atoms with E-state index in [-0.39, 0.29) is 28.6 Å². The van der Waals surface area contributed by atoms with Gasteiger partial charge in [0.1, 0.15) is 17.2 Å². The Morgan fingerprint density at radius 3 is 2.15 bits per heavy atom. The van der Waals surface area contributed by atoms with Crippen LogP contribution in [0.25, 0.3) is 0 Å². The number of methoxy groups -OCH3 is 2. The molecular weight excluding hydrogens is 478 g/mol. The van der Waals surface area contributed by atoms with Crippen LogP contribution in [0.2, 0.25) is 5.02 Å². The van der Waals surface area contributed by atoms with E-state index < -0.39 is 15.9 Å². The molecule has 0 bridgehead atoms. The molecule has 0 heterocycles. The average molecular weight is 504 g/mol. The third-order valence-electron chi connectivity index (χ3n) is 5.02. The molecule has 0 spiro atoms. The minimum atomic E-state index is -4.17. The van der Waals surface area contributed by atoms with Crippen molar-refractivity contribution in [3.05, 3.63) is 77.3 Å². The smallest absolute Gasteiger partial charge is 0.270 e. The van der Waals surface area contributed by atoms with Crippen LogP contribution in [0, 0.1) is 6.92 Å². The number of halogens is 1. The number of sulfonamides is 1. The molecule has 0 saturated carbocycles. The van der Waals surface area contributed by atoms with E-state index in [1.165, 1.54) is 37.4 Å². The van der Waals surface area contributed by atoms with Crippen LogP contribution in [0.1, 0.15) is 18.4 Å². The number of aryl methyl sites for hydroxylation is 1. The van der Waals surface area contributed by atoms with Crippen molar-refractivity contribution in [1.29, 1.82) is 0 Å². The zero-order valence-electron chi connectivity index (χ0n) is 19.2. The third kappa shape index (κ3) is 6.01. The van der Waals surface area contributed by atoms with Crippen LogP contribution >= 0.6 is 11.6 Å². The molecule has 0 aromatic heterocycles. The summed E-state index contributed by atoms with van der Waals surface area (Å²) in [7, 11) is -1.14. The van der Waals surface area contributed by atoms with E-state index >= 15 is 0 Å². The summed E-state index contributed by atoms with van der Waals surface area (Å²) in [6.07, 6.45) is 0.263. The van der Waals surface area contributed by atoms with Gasteiger partial charge in [-0.25, -0.2) is 12.7 Å². The van der Waals surface area contributed by atoms with Crippen LogP contribution in [0.5, 0.6) is 17.2 Å². The molecule has 0 aliphatic rings. The molecule has 0 N–H and O–H groups in total. The van der Waals surface area contributed by atoms with Crippen molar-refractivity contribution < 1.29 is 27.4 Å². The number of amides is 1. The van der Waals surface area contributed by atoms with Gasteiger partial charge in [0, 0.05) is 6.42 Å². The number of carbonyl (C=O) groups is 1. The van der Waals surface area contributed by atoms with Gasteiger partial charge >= 0.3 is 0 Å². The zero-order valence-corrected chi connectivity index (χ0v) is 20.7. The molecule has 3 aromatic rings.